The Morgan fingerprint density at radius 1 is 1.12 bits per heavy atom. The topological polar surface area (TPSA) is 89.9 Å². The van der Waals surface area contributed by atoms with Gasteiger partial charge in [0, 0.05) is 30.9 Å². The lowest BCUT2D eigenvalue weighted by atomic mass is 10.1. The summed E-state index contributed by atoms with van der Waals surface area (Å²) in [4.78, 5) is 8.68. The number of benzene rings is 1. The van der Waals surface area contributed by atoms with Gasteiger partial charge in [0.25, 0.3) is 0 Å². The lowest BCUT2D eigenvalue weighted by Crippen LogP contribution is -2.24. The highest BCUT2D eigenvalue weighted by Crippen LogP contribution is 2.19. The van der Waals surface area contributed by atoms with Crippen molar-refractivity contribution >= 4 is 0 Å². The van der Waals surface area contributed by atoms with Crippen molar-refractivity contribution in [1.29, 1.82) is 0 Å². The molecule has 1 unspecified atom stereocenters. The fourth-order valence-corrected chi connectivity index (χ4v) is 2.32. The highest BCUT2D eigenvalue weighted by Gasteiger charge is 2.13. The van der Waals surface area contributed by atoms with E-state index >= 15 is 0 Å². The first-order valence-corrected chi connectivity index (χ1v) is 8.13. The maximum Gasteiger partial charge on any atom is 0.227 e. The Kier molecular flexibility index (Phi) is 5.18. The van der Waals surface area contributed by atoms with E-state index in [1.165, 1.54) is 6.07 Å². The van der Waals surface area contributed by atoms with Crippen molar-refractivity contribution in [3.8, 4) is 11.4 Å². The lowest BCUT2D eigenvalue weighted by molar-refractivity contribution is 0.351. The maximum atomic E-state index is 13.3. The van der Waals surface area contributed by atoms with Crippen LogP contribution < -0.4 is 5.32 Å². The number of nitrogens with zero attached hydrogens (tertiary/aromatic N) is 4. The molecule has 0 aliphatic rings. The summed E-state index contributed by atoms with van der Waals surface area (Å²) in [7, 11) is 1.89. The third kappa shape index (κ3) is 4.27. The molecule has 0 radical (unpaired) electrons. The van der Waals surface area contributed by atoms with Crippen LogP contribution in [0.25, 0.3) is 11.4 Å². The van der Waals surface area contributed by atoms with E-state index in [0.29, 0.717) is 48.3 Å². The van der Waals surface area contributed by atoms with Gasteiger partial charge in [-0.2, -0.15) is 9.97 Å². The molecule has 0 aliphatic carbocycles. The summed E-state index contributed by atoms with van der Waals surface area (Å²) < 4.78 is 23.8. The molecule has 2 aromatic heterocycles. The van der Waals surface area contributed by atoms with Gasteiger partial charge in [-0.1, -0.05) is 10.3 Å². The van der Waals surface area contributed by atoms with Gasteiger partial charge in [-0.25, -0.2) is 4.39 Å². The first kappa shape index (κ1) is 17.2. The first-order valence-electron chi connectivity index (χ1n) is 8.13. The predicted octanol–water partition coefficient (Wildman–Crippen LogP) is 2.50. The van der Waals surface area contributed by atoms with E-state index < -0.39 is 0 Å². The van der Waals surface area contributed by atoms with Crippen LogP contribution in [-0.2, 0) is 19.3 Å². The van der Waals surface area contributed by atoms with Gasteiger partial charge in [-0.15, -0.1) is 0 Å². The van der Waals surface area contributed by atoms with Gasteiger partial charge in [-0.3, -0.25) is 0 Å². The van der Waals surface area contributed by atoms with Crippen LogP contribution in [0.1, 0.15) is 30.1 Å². The van der Waals surface area contributed by atoms with Crippen LogP contribution >= 0.6 is 0 Å². The van der Waals surface area contributed by atoms with Gasteiger partial charge in [0.1, 0.15) is 5.82 Å². The second-order valence-electron chi connectivity index (χ2n) is 5.97. The van der Waals surface area contributed by atoms with Crippen LogP contribution in [0.4, 0.5) is 4.39 Å². The molecular weight excluding hydrogens is 325 g/mol. The number of hydrogen-bond acceptors (Lipinski definition) is 7. The van der Waals surface area contributed by atoms with Gasteiger partial charge in [0.15, 0.2) is 5.82 Å². The van der Waals surface area contributed by atoms with Crippen LogP contribution in [0.15, 0.2) is 27.2 Å². The van der Waals surface area contributed by atoms with Gasteiger partial charge >= 0.3 is 0 Å². The van der Waals surface area contributed by atoms with E-state index in [4.69, 9.17) is 9.05 Å². The number of likely N-dealkylation sites (N-methyl/N-ethyl adjacent to an activating group) is 1. The standard InChI is InChI=1S/C17H20FN5O2/c1-10-8-12(4-5-13(10)18)17-21-16(25-23-17)7-6-15-20-14(22-24-15)9-11(2)19-3/h4-5,8,11,19H,6-7,9H2,1-3H3. The SMILES string of the molecule is CNC(C)Cc1noc(CCc2nc(-c3ccc(F)c(C)c3)no2)n1. The highest BCUT2D eigenvalue weighted by molar-refractivity contribution is 5.55. The number of rotatable bonds is 7. The van der Waals surface area contributed by atoms with Crippen molar-refractivity contribution in [2.75, 3.05) is 7.05 Å². The minimum atomic E-state index is -0.257. The zero-order valence-corrected chi connectivity index (χ0v) is 14.4. The van der Waals surface area contributed by atoms with E-state index in [9.17, 15) is 4.39 Å². The van der Waals surface area contributed by atoms with E-state index in [0.717, 1.165) is 5.56 Å². The van der Waals surface area contributed by atoms with Crippen molar-refractivity contribution < 1.29 is 13.4 Å². The quantitative estimate of drug-likeness (QED) is 0.703. The summed E-state index contributed by atoms with van der Waals surface area (Å²) in [5.74, 6) is 1.86. The fraction of sp³-hybridized carbons (Fsp3) is 0.412. The molecule has 3 aromatic rings. The van der Waals surface area contributed by atoms with E-state index in [1.54, 1.807) is 19.1 Å². The molecule has 3 rings (SSSR count). The van der Waals surface area contributed by atoms with Gasteiger partial charge in [0.05, 0.1) is 0 Å². The predicted molar refractivity (Wildman–Crippen MR) is 88.4 cm³/mol. The maximum absolute atomic E-state index is 13.3. The number of aromatic nitrogens is 4. The molecule has 132 valence electrons. The summed E-state index contributed by atoms with van der Waals surface area (Å²) in [6.45, 7) is 3.75. The summed E-state index contributed by atoms with van der Waals surface area (Å²) in [5, 5.41) is 11.0. The van der Waals surface area contributed by atoms with Crippen molar-refractivity contribution in [1.82, 2.24) is 25.6 Å². The summed E-state index contributed by atoms with van der Waals surface area (Å²) in [5.41, 5.74) is 1.26. The summed E-state index contributed by atoms with van der Waals surface area (Å²) in [6, 6.07) is 5.00. The Morgan fingerprint density at radius 2 is 1.84 bits per heavy atom. The molecule has 25 heavy (non-hydrogen) atoms. The molecule has 0 aliphatic heterocycles. The van der Waals surface area contributed by atoms with Crippen LogP contribution in [0.5, 0.6) is 0 Å². The number of halogens is 1. The fourth-order valence-electron chi connectivity index (χ4n) is 2.32. The van der Waals surface area contributed by atoms with Crippen molar-refractivity contribution in [3.05, 3.63) is 47.2 Å². The molecule has 0 fully saturated rings. The molecule has 0 amide bonds. The van der Waals surface area contributed by atoms with Gasteiger partial charge in [0.2, 0.25) is 17.6 Å². The Bertz CT molecular complexity index is 845. The number of hydrogen-bond donors (Lipinski definition) is 1. The first-order chi connectivity index (χ1) is 12.0. The zero-order chi connectivity index (χ0) is 17.8. The molecule has 8 heteroatoms. The average molecular weight is 345 g/mol. The largest absolute Gasteiger partial charge is 0.339 e. The molecular formula is C17H20FN5O2. The second-order valence-corrected chi connectivity index (χ2v) is 5.97. The smallest absolute Gasteiger partial charge is 0.227 e. The van der Waals surface area contributed by atoms with Crippen molar-refractivity contribution in [2.24, 2.45) is 0 Å². The summed E-state index contributed by atoms with van der Waals surface area (Å²) >= 11 is 0. The lowest BCUT2D eigenvalue weighted by Gasteiger charge is -2.04. The molecule has 7 nitrogen and oxygen atoms in total. The number of aryl methyl sites for hydroxylation is 3. The van der Waals surface area contributed by atoms with Gasteiger partial charge < -0.3 is 14.4 Å². The third-order valence-corrected chi connectivity index (χ3v) is 3.93. The minimum absolute atomic E-state index is 0.257. The highest BCUT2D eigenvalue weighted by atomic mass is 19.1. The molecule has 1 atom stereocenters. The van der Waals surface area contributed by atoms with E-state index in [-0.39, 0.29) is 11.9 Å². The van der Waals surface area contributed by atoms with Crippen LogP contribution in [-0.4, -0.2) is 33.4 Å². The molecule has 1 aromatic carbocycles. The van der Waals surface area contributed by atoms with E-state index in [2.05, 4.69) is 25.6 Å². The third-order valence-electron chi connectivity index (χ3n) is 3.93. The van der Waals surface area contributed by atoms with Crippen molar-refractivity contribution in [3.63, 3.8) is 0 Å². The van der Waals surface area contributed by atoms with Gasteiger partial charge in [-0.05, 0) is 44.7 Å². The summed E-state index contributed by atoms with van der Waals surface area (Å²) in [6.07, 6.45) is 1.72. The Hall–Kier alpha value is -2.61. The number of nitrogens with one attached hydrogen (secondary N) is 1. The molecule has 0 bridgehead atoms. The molecule has 2 heterocycles. The minimum Gasteiger partial charge on any atom is -0.339 e. The Labute approximate surface area is 144 Å². The monoisotopic (exact) mass is 345 g/mol. The molecule has 1 N–H and O–H groups in total. The average Bonchev–Trinajstić information content (AvgIpc) is 3.24. The Morgan fingerprint density at radius 3 is 2.56 bits per heavy atom. The zero-order valence-electron chi connectivity index (χ0n) is 14.4. The van der Waals surface area contributed by atoms with Crippen LogP contribution in [0, 0.1) is 12.7 Å². The Balaban J connectivity index is 1.61. The van der Waals surface area contributed by atoms with E-state index in [1.807, 2.05) is 14.0 Å². The molecule has 0 spiro atoms. The van der Waals surface area contributed by atoms with Crippen molar-refractivity contribution in [2.45, 2.75) is 39.2 Å². The molecule has 0 saturated heterocycles. The second kappa shape index (κ2) is 7.52. The van der Waals surface area contributed by atoms with Crippen LogP contribution in [0.2, 0.25) is 0 Å². The van der Waals surface area contributed by atoms with Crippen LogP contribution in [0.3, 0.4) is 0 Å². The molecule has 0 saturated carbocycles. The normalized spacial score (nSPS) is 12.5.